The standard InChI is InChI=1S/C17H13N3O3S2/c1-24-12-7-8-15(20(22)23)13(9-12)16(21)19-17-18-14(10-25-17)11-5-3-2-4-6-11/h2-10H,1H3,(H,18,19,21). The molecule has 0 fully saturated rings. The van der Waals surface area contributed by atoms with Gasteiger partial charge in [0.2, 0.25) is 0 Å². The normalized spacial score (nSPS) is 10.4. The summed E-state index contributed by atoms with van der Waals surface area (Å²) in [5, 5.41) is 16.0. The molecule has 2 aromatic carbocycles. The molecule has 0 atom stereocenters. The summed E-state index contributed by atoms with van der Waals surface area (Å²) in [4.78, 5) is 28.3. The van der Waals surface area contributed by atoms with Crippen molar-refractivity contribution in [2.45, 2.75) is 4.90 Å². The minimum absolute atomic E-state index is 0.0216. The predicted molar refractivity (Wildman–Crippen MR) is 100 cm³/mol. The maximum atomic E-state index is 12.5. The number of thiazole rings is 1. The van der Waals surface area contributed by atoms with E-state index in [4.69, 9.17) is 0 Å². The number of benzene rings is 2. The topological polar surface area (TPSA) is 85.1 Å². The summed E-state index contributed by atoms with van der Waals surface area (Å²) < 4.78 is 0. The molecule has 0 aliphatic heterocycles. The molecule has 0 saturated heterocycles. The van der Waals surface area contributed by atoms with Gasteiger partial charge in [-0.2, -0.15) is 0 Å². The maximum Gasteiger partial charge on any atom is 0.282 e. The highest BCUT2D eigenvalue weighted by molar-refractivity contribution is 7.98. The number of thioether (sulfide) groups is 1. The molecule has 1 N–H and O–H groups in total. The van der Waals surface area contributed by atoms with Crippen LogP contribution in [0.25, 0.3) is 11.3 Å². The number of rotatable bonds is 5. The molecule has 126 valence electrons. The van der Waals surface area contributed by atoms with Gasteiger partial charge in [-0.3, -0.25) is 20.2 Å². The first kappa shape index (κ1) is 17.1. The fourth-order valence-electron chi connectivity index (χ4n) is 2.22. The quantitative estimate of drug-likeness (QED) is 0.399. The summed E-state index contributed by atoms with van der Waals surface area (Å²) in [5.74, 6) is -0.545. The Bertz CT molecular complexity index is 926. The minimum atomic E-state index is -0.559. The average molecular weight is 371 g/mol. The van der Waals surface area contributed by atoms with Crippen LogP contribution in [0.2, 0.25) is 0 Å². The number of carbonyl (C=O) groups is 1. The monoisotopic (exact) mass is 371 g/mol. The van der Waals surface area contributed by atoms with Crippen LogP contribution in [0.3, 0.4) is 0 Å². The van der Waals surface area contributed by atoms with Gasteiger partial charge in [-0.25, -0.2) is 4.98 Å². The molecule has 1 amide bonds. The first-order chi connectivity index (χ1) is 12.1. The average Bonchev–Trinajstić information content (AvgIpc) is 3.10. The zero-order valence-corrected chi connectivity index (χ0v) is 14.8. The van der Waals surface area contributed by atoms with Crippen LogP contribution in [0.15, 0.2) is 58.8 Å². The molecule has 25 heavy (non-hydrogen) atoms. The van der Waals surface area contributed by atoms with Crippen molar-refractivity contribution in [2.24, 2.45) is 0 Å². The van der Waals surface area contributed by atoms with E-state index in [2.05, 4.69) is 10.3 Å². The van der Waals surface area contributed by atoms with Crippen LogP contribution in [-0.2, 0) is 0 Å². The molecule has 1 heterocycles. The van der Waals surface area contributed by atoms with E-state index in [-0.39, 0.29) is 11.3 Å². The van der Waals surface area contributed by atoms with E-state index in [9.17, 15) is 14.9 Å². The highest BCUT2D eigenvalue weighted by Gasteiger charge is 2.21. The van der Waals surface area contributed by atoms with Crippen LogP contribution in [0.1, 0.15) is 10.4 Å². The van der Waals surface area contributed by atoms with Gasteiger partial charge in [-0.1, -0.05) is 30.3 Å². The van der Waals surface area contributed by atoms with Crippen molar-refractivity contribution in [2.75, 3.05) is 11.6 Å². The maximum absolute atomic E-state index is 12.5. The Hall–Kier alpha value is -2.71. The van der Waals surface area contributed by atoms with Gasteiger partial charge in [0.05, 0.1) is 10.6 Å². The predicted octanol–water partition coefficient (Wildman–Crippen LogP) is 4.69. The molecule has 3 aromatic rings. The molecule has 0 unspecified atom stereocenters. The number of hydrogen-bond donors (Lipinski definition) is 1. The summed E-state index contributed by atoms with van der Waals surface area (Å²) in [6.45, 7) is 0. The number of amides is 1. The van der Waals surface area contributed by atoms with Gasteiger partial charge in [0.1, 0.15) is 5.56 Å². The summed E-state index contributed by atoms with van der Waals surface area (Å²) in [6, 6.07) is 14.1. The van der Waals surface area contributed by atoms with Gasteiger partial charge in [-0.05, 0) is 18.4 Å². The van der Waals surface area contributed by atoms with Crippen molar-refractivity contribution >= 4 is 39.8 Å². The summed E-state index contributed by atoms with van der Waals surface area (Å²) in [7, 11) is 0. The third-order valence-electron chi connectivity index (χ3n) is 3.44. The number of nitrogens with one attached hydrogen (secondary N) is 1. The van der Waals surface area contributed by atoms with E-state index >= 15 is 0 Å². The molecule has 1 aromatic heterocycles. The van der Waals surface area contributed by atoms with E-state index < -0.39 is 10.8 Å². The smallest absolute Gasteiger partial charge is 0.282 e. The van der Waals surface area contributed by atoms with Crippen LogP contribution in [0.5, 0.6) is 0 Å². The Morgan fingerprint density at radius 3 is 2.68 bits per heavy atom. The lowest BCUT2D eigenvalue weighted by atomic mass is 10.1. The summed E-state index contributed by atoms with van der Waals surface area (Å²) in [6.07, 6.45) is 1.84. The van der Waals surface area contributed by atoms with Crippen LogP contribution in [0, 0.1) is 10.1 Å². The lowest BCUT2D eigenvalue weighted by molar-refractivity contribution is -0.385. The van der Waals surface area contributed by atoms with Gasteiger partial charge in [0, 0.05) is 21.9 Å². The van der Waals surface area contributed by atoms with Gasteiger partial charge in [0.25, 0.3) is 11.6 Å². The molecule has 0 aliphatic carbocycles. The van der Waals surface area contributed by atoms with Crippen molar-refractivity contribution in [1.82, 2.24) is 4.98 Å². The fraction of sp³-hybridized carbons (Fsp3) is 0.0588. The third-order valence-corrected chi connectivity index (χ3v) is 4.92. The van der Waals surface area contributed by atoms with Gasteiger partial charge >= 0.3 is 0 Å². The fourth-order valence-corrected chi connectivity index (χ4v) is 3.37. The molecule has 3 rings (SSSR count). The highest BCUT2D eigenvalue weighted by Crippen LogP contribution is 2.28. The molecular formula is C17H13N3O3S2. The third kappa shape index (κ3) is 3.86. The summed E-state index contributed by atoms with van der Waals surface area (Å²) in [5.41, 5.74) is 1.48. The molecule has 0 radical (unpaired) electrons. The van der Waals surface area contributed by atoms with Crippen molar-refractivity contribution in [3.05, 3.63) is 69.6 Å². The Balaban J connectivity index is 1.86. The van der Waals surface area contributed by atoms with Crippen molar-refractivity contribution in [3.8, 4) is 11.3 Å². The molecule has 0 saturated carbocycles. The zero-order valence-electron chi connectivity index (χ0n) is 13.1. The van der Waals surface area contributed by atoms with Crippen molar-refractivity contribution in [1.29, 1.82) is 0 Å². The van der Waals surface area contributed by atoms with Crippen molar-refractivity contribution < 1.29 is 9.72 Å². The second-order valence-electron chi connectivity index (χ2n) is 5.00. The van der Waals surface area contributed by atoms with E-state index in [1.165, 1.54) is 35.2 Å². The zero-order chi connectivity index (χ0) is 17.8. The molecule has 6 nitrogen and oxygen atoms in total. The number of carbonyl (C=O) groups excluding carboxylic acids is 1. The SMILES string of the molecule is CSc1ccc([N+](=O)[O-])c(C(=O)Nc2nc(-c3ccccc3)cs2)c1. The van der Waals surface area contributed by atoms with Crippen LogP contribution in [0.4, 0.5) is 10.8 Å². The number of nitro benzene ring substituents is 1. The van der Waals surface area contributed by atoms with Crippen LogP contribution >= 0.6 is 23.1 Å². The second-order valence-corrected chi connectivity index (χ2v) is 6.74. The van der Waals surface area contributed by atoms with E-state index in [0.29, 0.717) is 5.13 Å². The van der Waals surface area contributed by atoms with Gasteiger partial charge in [0.15, 0.2) is 5.13 Å². The Labute approximate surface area is 152 Å². The van der Waals surface area contributed by atoms with Crippen LogP contribution < -0.4 is 5.32 Å². The molecular weight excluding hydrogens is 358 g/mol. The van der Waals surface area contributed by atoms with Crippen molar-refractivity contribution in [3.63, 3.8) is 0 Å². The van der Waals surface area contributed by atoms with Gasteiger partial charge in [-0.15, -0.1) is 23.1 Å². The number of hydrogen-bond acceptors (Lipinski definition) is 6. The first-order valence-corrected chi connectivity index (χ1v) is 9.33. The lowest BCUT2D eigenvalue weighted by Crippen LogP contribution is -2.14. The molecule has 0 aliphatic rings. The molecule has 0 bridgehead atoms. The Morgan fingerprint density at radius 2 is 2.00 bits per heavy atom. The highest BCUT2D eigenvalue weighted by atomic mass is 32.2. The number of aromatic nitrogens is 1. The second kappa shape index (κ2) is 7.45. The van der Waals surface area contributed by atoms with E-state index in [0.717, 1.165) is 16.2 Å². The number of anilines is 1. The van der Waals surface area contributed by atoms with E-state index in [1.807, 2.05) is 42.0 Å². The first-order valence-electron chi connectivity index (χ1n) is 7.23. The number of nitrogens with zero attached hydrogens (tertiary/aromatic N) is 2. The largest absolute Gasteiger partial charge is 0.298 e. The van der Waals surface area contributed by atoms with Crippen LogP contribution in [-0.4, -0.2) is 22.1 Å². The van der Waals surface area contributed by atoms with E-state index in [1.54, 1.807) is 6.07 Å². The lowest BCUT2D eigenvalue weighted by Gasteiger charge is -2.05. The molecule has 8 heteroatoms. The minimum Gasteiger partial charge on any atom is -0.298 e. The Kier molecular flexibility index (Phi) is 5.11. The number of nitro groups is 1. The molecule has 0 spiro atoms. The Morgan fingerprint density at radius 1 is 1.24 bits per heavy atom. The summed E-state index contributed by atoms with van der Waals surface area (Å²) >= 11 is 2.69. The van der Waals surface area contributed by atoms with Gasteiger partial charge < -0.3 is 0 Å².